The zero-order valence-electron chi connectivity index (χ0n) is 9.11. The fraction of sp³-hybridized carbons (Fsp3) is 0.167. The zero-order valence-corrected chi connectivity index (χ0v) is 9.86. The predicted octanol–water partition coefficient (Wildman–Crippen LogP) is 2.67. The highest BCUT2D eigenvalue weighted by Crippen LogP contribution is 2.16. The molecule has 0 N–H and O–H groups in total. The van der Waals surface area contributed by atoms with Gasteiger partial charge in [0.15, 0.2) is 11.3 Å². The van der Waals surface area contributed by atoms with E-state index in [1.54, 1.807) is 36.4 Å². The predicted molar refractivity (Wildman–Crippen MR) is 62.2 cm³/mol. The van der Waals surface area contributed by atoms with Crippen LogP contribution in [0.25, 0.3) is 0 Å². The molecule has 0 aliphatic heterocycles. The van der Waals surface area contributed by atoms with Gasteiger partial charge in [0.2, 0.25) is 0 Å². The molecule has 0 fully saturated rings. The summed E-state index contributed by atoms with van der Waals surface area (Å²) in [4.78, 5) is 0. The average Bonchev–Trinajstić information content (AvgIpc) is 2.36. The van der Waals surface area contributed by atoms with Crippen molar-refractivity contribution in [2.24, 2.45) is 0 Å². The first kappa shape index (κ1) is 12.9. The number of hydrogen-bond donors (Lipinski definition) is 0. The van der Waals surface area contributed by atoms with Crippen LogP contribution in [-0.2, 0) is 4.74 Å². The quantitative estimate of drug-likeness (QED) is 0.607. The van der Waals surface area contributed by atoms with Gasteiger partial charge in [0.05, 0.1) is 7.11 Å². The summed E-state index contributed by atoms with van der Waals surface area (Å²) in [5, 5.41) is 18.0. The van der Waals surface area contributed by atoms with Crippen molar-refractivity contribution >= 4 is 11.6 Å². The van der Waals surface area contributed by atoms with E-state index in [0.717, 1.165) is 0 Å². The van der Waals surface area contributed by atoms with E-state index in [2.05, 4.69) is 0 Å². The van der Waals surface area contributed by atoms with E-state index in [1.807, 2.05) is 0 Å². The van der Waals surface area contributed by atoms with Crippen LogP contribution in [0.1, 0.15) is 0 Å². The van der Waals surface area contributed by atoms with E-state index in [-0.39, 0.29) is 17.9 Å². The van der Waals surface area contributed by atoms with Gasteiger partial charge in [0.25, 0.3) is 0 Å². The highest BCUT2D eigenvalue weighted by molar-refractivity contribution is 6.30. The Hall–Kier alpha value is -2.17. The van der Waals surface area contributed by atoms with Gasteiger partial charge in [0.1, 0.15) is 24.5 Å². The molecule has 4 nitrogen and oxygen atoms in total. The number of hydrogen-bond acceptors (Lipinski definition) is 4. The Kier molecular flexibility index (Phi) is 4.87. The summed E-state index contributed by atoms with van der Waals surface area (Å²) in [6.07, 6.45) is 0. The Bertz CT molecular complexity index is 479. The van der Waals surface area contributed by atoms with Gasteiger partial charge in [-0.1, -0.05) is 11.6 Å². The second-order valence-corrected chi connectivity index (χ2v) is 3.40. The maximum Gasteiger partial charge on any atom is 0.170 e. The van der Waals surface area contributed by atoms with Crippen molar-refractivity contribution < 1.29 is 9.47 Å². The first-order valence-corrected chi connectivity index (χ1v) is 5.04. The molecule has 86 valence electrons. The Morgan fingerprint density at radius 2 is 1.82 bits per heavy atom. The molecule has 0 saturated heterocycles. The van der Waals surface area contributed by atoms with Crippen LogP contribution in [0.4, 0.5) is 0 Å². The molecule has 0 radical (unpaired) electrons. The first-order valence-electron chi connectivity index (χ1n) is 4.67. The minimum atomic E-state index is -0.0959. The van der Waals surface area contributed by atoms with Gasteiger partial charge >= 0.3 is 0 Å². The molecule has 1 aromatic carbocycles. The Morgan fingerprint density at radius 3 is 2.29 bits per heavy atom. The van der Waals surface area contributed by atoms with Gasteiger partial charge in [-0.25, -0.2) is 0 Å². The molecule has 0 aliphatic rings. The summed E-state index contributed by atoms with van der Waals surface area (Å²) >= 11 is 5.72. The highest BCUT2D eigenvalue weighted by atomic mass is 35.5. The van der Waals surface area contributed by atoms with Crippen molar-refractivity contribution in [1.82, 2.24) is 0 Å². The third-order valence-corrected chi connectivity index (χ3v) is 2.18. The molecule has 17 heavy (non-hydrogen) atoms. The van der Waals surface area contributed by atoms with Crippen LogP contribution < -0.4 is 4.74 Å². The molecule has 0 saturated carbocycles. The molecule has 0 amide bonds. The molecular weight excluding hydrogens is 240 g/mol. The summed E-state index contributed by atoms with van der Waals surface area (Å²) in [5.41, 5.74) is -0.0959. The summed E-state index contributed by atoms with van der Waals surface area (Å²) in [6.45, 7) is 0.0224. The van der Waals surface area contributed by atoms with E-state index in [1.165, 1.54) is 7.11 Å². The maximum absolute atomic E-state index is 8.68. The molecule has 0 unspecified atom stereocenters. The minimum absolute atomic E-state index is 0.0224. The molecule has 0 spiro atoms. The molecule has 5 heteroatoms. The van der Waals surface area contributed by atoms with E-state index in [4.69, 9.17) is 31.6 Å². The zero-order chi connectivity index (χ0) is 12.7. The Morgan fingerprint density at radius 1 is 1.24 bits per heavy atom. The second kappa shape index (κ2) is 6.42. The van der Waals surface area contributed by atoms with Crippen molar-refractivity contribution in [3.63, 3.8) is 0 Å². The third-order valence-electron chi connectivity index (χ3n) is 1.93. The van der Waals surface area contributed by atoms with Gasteiger partial charge in [-0.05, 0) is 24.3 Å². The van der Waals surface area contributed by atoms with Crippen LogP contribution in [0.2, 0.25) is 5.02 Å². The lowest BCUT2D eigenvalue weighted by molar-refractivity contribution is 0.217. The van der Waals surface area contributed by atoms with Crippen molar-refractivity contribution in [1.29, 1.82) is 10.5 Å². The molecule has 0 heterocycles. The van der Waals surface area contributed by atoms with Crippen molar-refractivity contribution in [2.75, 3.05) is 13.7 Å². The molecule has 0 aliphatic carbocycles. The van der Waals surface area contributed by atoms with Crippen LogP contribution in [0, 0.1) is 22.7 Å². The highest BCUT2D eigenvalue weighted by Gasteiger charge is 2.07. The van der Waals surface area contributed by atoms with Gasteiger partial charge < -0.3 is 9.47 Å². The van der Waals surface area contributed by atoms with Crippen LogP contribution in [-0.4, -0.2) is 13.7 Å². The second-order valence-electron chi connectivity index (χ2n) is 2.97. The Balaban J connectivity index is 2.73. The molecule has 0 atom stereocenters. The largest absolute Gasteiger partial charge is 0.495 e. The number of ether oxygens (including phenoxy) is 2. The first-order chi connectivity index (χ1) is 8.21. The fourth-order valence-corrected chi connectivity index (χ4v) is 1.19. The standard InChI is InChI=1S/C12H9ClN2O2/c1-16-12(9(6-14)7-15)8-17-11-4-2-10(13)3-5-11/h2-5H,8H2,1H3. The fourth-order valence-electron chi connectivity index (χ4n) is 1.06. The van der Waals surface area contributed by atoms with Crippen molar-refractivity contribution in [3.05, 3.63) is 40.6 Å². The lowest BCUT2D eigenvalue weighted by atomic mass is 10.3. The Labute approximate surface area is 104 Å². The summed E-state index contributed by atoms with van der Waals surface area (Å²) < 4.78 is 10.3. The van der Waals surface area contributed by atoms with Crippen LogP contribution in [0.5, 0.6) is 5.75 Å². The SMILES string of the molecule is COC(COc1ccc(Cl)cc1)=C(C#N)C#N. The van der Waals surface area contributed by atoms with Crippen LogP contribution in [0.15, 0.2) is 35.6 Å². The normalized spacial score (nSPS) is 8.71. The maximum atomic E-state index is 8.68. The molecular formula is C12H9ClN2O2. The van der Waals surface area contributed by atoms with E-state index in [0.29, 0.717) is 10.8 Å². The van der Waals surface area contributed by atoms with E-state index >= 15 is 0 Å². The lowest BCUT2D eigenvalue weighted by Gasteiger charge is -2.08. The summed E-state index contributed by atoms with van der Waals surface area (Å²) in [5.74, 6) is 0.782. The van der Waals surface area contributed by atoms with E-state index in [9.17, 15) is 0 Å². The third kappa shape index (κ3) is 3.71. The topological polar surface area (TPSA) is 66.0 Å². The summed E-state index contributed by atoms with van der Waals surface area (Å²) in [6, 6.07) is 10.2. The van der Waals surface area contributed by atoms with E-state index < -0.39 is 0 Å². The number of nitrogens with zero attached hydrogens (tertiary/aromatic N) is 2. The van der Waals surface area contributed by atoms with Crippen LogP contribution >= 0.6 is 11.6 Å². The molecule has 0 aromatic heterocycles. The summed E-state index contributed by atoms with van der Waals surface area (Å²) in [7, 11) is 1.38. The molecule has 1 aromatic rings. The average molecular weight is 249 g/mol. The van der Waals surface area contributed by atoms with Crippen molar-refractivity contribution in [3.8, 4) is 17.9 Å². The number of allylic oxidation sites excluding steroid dienone is 1. The lowest BCUT2D eigenvalue weighted by Crippen LogP contribution is -2.05. The monoisotopic (exact) mass is 248 g/mol. The van der Waals surface area contributed by atoms with Gasteiger partial charge in [-0.15, -0.1) is 0 Å². The number of nitriles is 2. The number of halogens is 1. The number of benzene rings is 1. The smallest absolute Gasteiger partial charge is 0.170 e. The van der Waals surface area contributed by atoms with Gasteiger partial charge in [0, 0.05) is 5.02 Å². The molecule has 0 bridgehead atoms. The molecule has 1 rings (SSSR count). The van der Waals surface area contributed by atoms with Crippen molar-refractivity contribution in [2.45, 2.75) is 0 Å². The minimum Gasteiger partial charge on any atom is -0.495 e. The van der Waals surface area contributed by atoms with Crippen LogP contribution in [0.3, 0.4) is 0 Å². The number of rotatable bonds is 4. The van der Waals surface area contributed by atoms with Gasteiger partial charge in [-0.2, -0.15) is 10.5 Å². The number of methoxy groups -OCH3 is 1. The van der Waals surface area contributed by atoms with Gasteiger partial charge in [-0.3, -0.25) is 0 Å².